The lowest BCUT2D eigenvalue weighted by Gasteiger charge is -2.28. The molecular weight excluding hydrogens is 222 g/mol. The van der Waals surface area contributed by atoms with E-state index in [9.17, 15) is 0 Å². The highest BCUT2D eigenvalue weighted by Crippen LogP contribution is 2.26. The number of nitrogens with zero attached hydrogens (tertiary/aromatic N) is 1. The molecule has 4 N–H and O–H groups in total. The standard InChI is InChI=1S/C11H23N3OS/c1-16-10-5-2-4-9(8-10)13-7-3-6-11(12)14-15/h9-10,13,15H,2-8H2,1H3,(H2,12,14). The number of hydrogen-bond donors (Lipinski definition) is 3. The number of thioether (sulfide) groups is 1. The molecule has 1 saturated carbocycles. The monoisotopic (exact) mass is 245 g/mol. The number of oxime groups is 1. The first-order chi connectivity index (χ1) is 7.76. The number of rotatable bonds is 6. The Morgan fingerprint density at radius 2 is 2.38 bits per heavy atom. The Labute approximate surface area is 102 Å². The molecule has 2 atom stereocenters. The molecule has 0 spiro atoms. The summed E-state index contributed by atoms with van der Waals surface area (Å²) in [6.45, 7) is 0.960. The van der Waals surface area contributed by atoms with Gasteiger partial charge >= 0.3 is 0 Å². The van der Waals surface area contributed by atoms with Crippen LogP contribution in [0, 0.1) is 0 Å². The van der Waals surface area contributed by atoms with Crippen molar-refractivity contribution in [2.24, 2.45) is 10.9 Å². The van der Waals surface area contributed by atoms with E-state index >= 15 is 0 Å². The fourth-order valence-electron chi connectivity index (χ4n) is 2.17. The van der Waals surface area contributed by atoms with Gasteiger partial charge < -0.3 is 16.3 Å². The van der Waals surface area contributed by atoms with Crippen molar-refractivity contribution in [3.05, 3.63) is 0 Å². The molecular formula is C11H23N3OS. The molecule has 0 heterocycles. The summed E-state index contributed by atoms with van der Waals surface area (Å²) < 4.78 is 0. The molecule has 5 heteroatoms. The minimum absolute atomic E-state index is 0.326. The van der Waals surface area contributed by atoms with Gasteiger partial charge in [0.25, 0.3) is 0 Å². The highest BCUT2D eigenvalue weighted by Gasteiger charge is 2.20. The average Bonchev–Trinajstić information content (AvgIpc) is 2.34. The Morgan fingerprint density at radius 3 is 3.06 bits per heavy atom. The first-order valence-electron chi connectivity index (χ1n) is 5.99. The molecule has 0 aromatic carbocycles. The van der Waals surface area contributed by atoms with E-state index in [1.165, 1.54) is 25.7 Å². The van der Waals surface area contributed by atoms with Crippen LogP contribution >= 0.6 is 11.8 Å². The van der Waals surface area contributed by atoms with Crippen molar-refractivity contribution in [3.8, 4) is 0 Å². The van der Waals surface area contributed by atoms with E-state index in [0.29, 0.717) is 18.3 Å². The lowest BCUT2D eigenvalue weighted by molar-refractivity contribution is 0.316. The van der Waals surface area contributed by atoms with Crippen LogP contribution in [0.4, 0.5) is 0 Å². The van der Waals surface area contributed by atoms with E-state index < -0.39 is 0 Å². The third kappa shape index (κ3) is 5.07. The van der Waals surface area contributed by atoms with Gasteiger partial charge in [-0.05, 0) is 38.5 Å². The Hall–Kier alpha value is -0.420. The van der Waals surface area contributed by atoms with Gasteiger partial charge in [-0.1, -0.05) is 11.6 Å². The summed E-state index contributed by atoms with van der Waals surface area (Å²) in [5, 5.41) is 15.7. The molecule has 0 aromatic heterocycles. The molecule has 0 aliphatic heterocycles. The smallest absolute Gasteiger partial charge is 0.139 e. The topological polar surface area (TPSA) is 70.6 Å². The summed E-state index contributed by atoms with van der Waals surface area (Å²) in [5.74, 6) is 0.326. The van der Waals surface area contributed by atoms with Crippen LogP contribution < -0.4 is 11.1 Å². The molecule has 1 rings (SSSR count). The summed E-state index contributed by atoms with van der Waals surface area (Å²) in [5.41, 5.74) is 5.40. The van der Waals surface area contributed by atoms with Gasteiger partial charge in [0.05, 0.1) is 0 Å². The molecule has 0 saturated heterocycles. The van der Waals surface area contributed by atoms with Gasteiger partial charge in [-0.2, -0.15) is 11.8 Å². The van der Waals surface area contributed by atoms with Gasteiger partial charge in [0.15, 0.2) is 0 Å². The SMILES string of the molecule is CSC1CCCC(NCCCC(N)=NO)C1. The second-order valence-corrected chi connectivity index (χ2v) is 5.51. The second-order valence-electron chi connectivity index (χ2n) is 4.37. The van der Waals surface area contributed by atoms with Crippen molar-refractivity contribution in [2.45, 2.75) is 49.8 Å². The fourth-order valence-corrected chi connectivity index (χ4v) is 3.00. The highest BCUT2D eigenvalue weighted by molar-refractivity contribution is 7.99. The largest absolute Gasteiger partial charge is 0.409 e. The first-order valence-corrected chi connectivity index (χ1v) is 7.27. The van der Waals surface area contributed by atoms with E-state index in [0.717, 1.165) is 18.2 Å². The molecule has 0 aromatic rings. The van der Waals surface area contributed by atoms with E-state index in [2.05, 4.69) is 16.7 Å². The van der Waals surface area contributed by atoms with E-state index in [1.807, 2.05) is 11.8 Å². The number of hydrogen-bond acceptors (Lipinski definition) is 4. The summed E-state index contributed by atoms with van der Waals surface area (Å²) in [7, 11) is 0. The van der Waals surface area contributed by atoms with Crippen LogP contribution in [0.1, 0.15) is 38.5 Å². The lowest BCUT2D eigenvalue weighted by Crippen LogP contribution is -2.35. The summed E-state index contributed by atoms with van der Waals surface area (Å²) in [6.07, 6.45) is 9.09. The quantitative estimate of drug-likeness (QED) is 0.219. The maximum atomic E-state index is 8.39. The van der Waals surface area contributed by atoms with Crippen molar-refractivity contribution in [1.82, 2.24) is 5.32 Å². The zero-order valence-electron chi connectivity index (χ0n) is 9.98. The predicted octanol–water partition coefficient (Wildman–Crippen LogP) is 1.78. The molecule has 2 unspecified atom stereocenters. The van der Waals surface area contributed by atoms with E-state index in [4.69, 9.17) is 10.9 Å². The van der Waals surface area contributed by atoms with Gasteiger partial charge in [0, 0.05) is 17.7 Å². The maximum Gasteiger partial charge on any atom is 0.139 e. The molecule has 94 valence electrons. The van der Waals surface area contributed by atoms with Crippen LogP contribution in [0.25, 0.3) is 0 Å². The minimum Gasteiger partial charge on any atom is -0.409 e. The highest BCUT2D eigenvalue weighted by atomic mass is 32.2. The summed E-state index contributed by atoms with van der Waals surface area (Å²) >= 11 is 1.99. The molecule has 0 radical (unpaired) electrons. The summed E-state index contributed by atoms with van der Waals surface area (Å²) in [4.78, 5) is 0. The van der Waals surface area contributed by atoms with Crippen LogP contribution in [-0.4, -0.2) is 35.1 Å². The third-order valence-corrected chi connectivity index (χ3v) is 4.23. The molecule has 1 aliphatic carbocycles. The maximum absolute atomic E-state index is 8.39. The Morgan fingerprint density at radius 1 is 1.56 bits per heavy atom. The average molecular weight is 245 g/mol. The molecule has 0 amide bonds. The zero-order valence-corrected chi connectivity index (χ0v) is 10.8. The van der Waals surface area contributed by atoms with Crippen LogP contribution in [0.5, 0.6) is 0 Å². The summed E-state index contributed by atoms with van der Waals surface area (Å²) in [6, 6.07) is 0.665. The number of nitrogens with one attached hydrogen (secondary N) is 1. The lowest BCUT2D eigenvalue weighted by atomic mass is 9.95. The van der Waals surface area contributed by atoms with Gasteiger partial charge in [0.1, 0.15) is 5.84 Å². The zero-order chi connectivity index (χ0) is 11.8. The Balaban J connectivity index is 2.08. The van der Waals surface area contributed by atoms with E-state index in [-0.39, 0.29) is 0 Å². The van der Waals surface area contributed by atoms with Gasteiger partial charge in [0.2, 0.25) is 0 Å². The van der Waals surface area contributed by atoms with Crippen molar-refractivity contribution in [2.75, 3.05) is 12.8 Å². The van der Waals surface area contributed by atoms with Crippen molar-refractivity contribution in [3.63, 3.8) is 0 Å². The van der Waals surface area contributed by atoms with Gasteiger partial charge in [-0.3, -0.25) is 0 Å². The molecule has 1 fully saturated rings. The van der Waals surface area contributed by atoms with E-state index in [1.54, 1.807) is 0 Å². The predicted molar refractivity (Wildman–Crippen MR) is 70.2 cm³/mol. The van der Waals surface area contributed by atoms with Crippen LogP contribution in [-0.2, 0) is 0 Å². The second kappa shape index (κ2) is 7.79. The molecule has 1 aliphatic rings. The van der Waals surface area contributed by atoms with Crippen LogP contribution in [0.15, 0.2) is 5.16 Å². The Kier molecular flexibility index (Phi) is 6.64. The number of amidine groups is 1. The fraction of sp³-hybridized carbons (Fsp3) is 0.909. The molecule has 4 nitrogen and oxygen atoms in total. The molecule has 16 heavy (non-hydrogen) atoms. The van der Waals surface area contributed by atoms with Gasteiger partial charge in [-0.25, -0.2) is 0 Å². The van der Waals surface area contributed by atoms with Crippen LogP contribution in [0.2, 0.25) is 0 Å². The molecule has 0 bridgehead atoms. The Bertz CT molecular complexity index is 223. The number of nitrogens with two attached hydrogens (primary N) is 1. The van der Waals surface area contributed by atoms with Crippen molar-refractivity contribution >= 4 is 17.6 Å². The first kappa shape index (κ1) is 13.6. The minimum atomic E-state index is 0.326. The van der Waals surface area contributed by atoms with Crippen molar-refractivity contribution in [1.29, 1.82) is 0 Å². The third-order valence-electron chi connectivity index (χ3n) is 3.13. The normalized spacial score (nSPS) is 26.9. The van der Waals surface area contributed by atoms with Crippen LogP contribution in [0.3, 0.4) is 0 Å². The van der Waals surface area contributed by atoms with Gasteiger partial charge in [-0.15, -0.1) is 0 Å². The van der Waals surface area contributed by atoms with Crippen molar-refractivity contribution < 1.29 is 5.21 Å².